The molecule has 2 atom stereocenters. The summed E-state index contributed by atoms with van der Waals surface area (Å²) >= 11 is 0. The summed E-state index contributed by atoms with van der Waals surface area (Å²) in [5.74, 6) is -0.174. The summed E-state index contributed by atoms with van der Waals surface area (Å²) in [6.45, 7) is 5.38. The molecule has 0 aliphatic carbocycles. The zero-order valence-corrected chi connectivity index (χ0v) is 10.2. The molecule has 1 N–H and O–H groups in total. The van der Waals surface area contributed by atoms with E-state index in [4.69, 9.17) is 0 Å². The molecule has 1 saturated heterocycles. The number of aryl methyl sites for hydroxylation is 1. The van der Waals surface area contributed by atoms with Gasteiger partial charge < -0.3 is 5.32 Å². The lowest BCUT2D eigenvalue weighted by Crippen LogP contribution is -2.61. The molecule has 2 unspecified atom stereocenters. The molecule has 4 heteroatoms. The first-order chi connectivity index (χ1) is 8.02. The van der Waals surface area contributed by atoms with Gasteiger partial charge in [-0.05, 0) is 32.4 Å². The van der Waals surface area contributed by atoms with E-state index in [2.05, 4.69) is 5.32 Å². The summed E-state index contributed by atoms with van der Waals surface area (Å²) in [7, 11) is 0. The fourth-order valence-corrected chi connectivity index (χ4v) is 2.07. The summed E-state index contributed by atoms with van der Waals surface area (Å²) < 4.78 is 0. The predicted octanol–water partition coefficient (Wildman–Crippen LogP) is 1.23. The van der Waals surface area contributed by atoms with Gasteiger partial charge in [0, 0.05) is 5.69 Å². The molecule has 17 heavy (non-hydrogen) atoms. The molecule has 90 valence electrons. The van der Waals surface area contributed by atoms with Crippen molar-refractivity contribution in [2.24, 2.45) is 0 Å². The van der Waals surface area contributed by atoms with E-state index >= 15 is 0 Å². The smallest absolute Gasteiger partial charge is 0.250 e. The predicted molar refractivity (Wildman–Crippen MR) is 65.7 cm³/mol. The summed E-state index contributed by atoms with van der Waals surface area (Å²) in [5.41, 5.74) is 1.81. The monoisotopic (exact) mass is 232 g/mol. The number of carbonyl (C=O) groups excluding carboxylic acids is 2. The van der Waals surface area contributed by atoms with Crippen molar-refractivity contribution in [3.63, 3.8) is 0 Å². The Morgan fingerprint density at radius 3 is 2.47 bits per heavy atom. The van der Waals surface area contributed by atoms with Crippen molar-refractivity contribution >= 4 is 17.5 Å². The highest BCUT2D eigenvalue weighted by Crippen LogP contribution is 2.24. The van der Waals surface area contributed by atoms with E-state index in [1.807, 2.05) is 31.2 Å². The second-order valence-electron chi connectivity index (χ2n) is 4.40. The topological polar surface area (TPSA) is 49.4 Å². The first-order valence-electron chi connectivity index (χ1n) is 5.71. The van der Waals surface area contributed by atoms with Crippen molar-refractivity contribution in [2.75, 3.05) is 4.90 Å². The van der Waals surface area contributed by atoms with E-state index in [-0.39, 0.29) is 11.8 Å². The van der Waals surface area contributed by atoms with Crippen LogP contribution >= 0.6 is 0 Å². The highest BCUT2D eigenvalue weighted by atomic mass is 16.2. The Kier molecular flexibility index (Phi) is 2.88. The van der Waals surface area contributed by atoms with Gasteiger partial charge in [-0.2, -0.15) is 0 Å². The third-order valence-corrected chi connectivity index (χ3v) is 3.11. The van der Waals surface area contributed by atoms with Gasteiger partial charge in [0.2, 0.25) is 11.8 Å². The third-order valence-electron chi connectivity index (χ3n) is 3.11. The Bertz CT molecular complexity index is 470. The second kappa shape index (κ2) is 4.20. The van der Waals surface area contributed by atoms with Crippen LogP contribution in [-0.4, -0.2) is 23.9 Å². The first-order valence-corrected chi connectivity index (χ1v) is 5.71. The summed E-state index contributed by atoms with van der Waals surface area (Å²) in [6.07, 6.45) is 0. The number of nitrogens with one attached hydrogen (secondary N) is 1. The third kappa shape index (κ3) is 1.90. The zero-order valence-electron chi connectivity index (χ0n) is 10.2. The number of para-hydroxylation sites is 1. The van der Waals surface area contributed by atoms with Gasteiger partial charge >= 0.3 is 0 Å². The largest absolute Gasteiger partial charge is 0.343 e. The fraction of sp³-hybridized carbons (Fsp3) is 0.385. The number of piperazine rings is 1. The van der Waals surface area contributed by atoms with Crippen LogP contribution < -0.4 is 10.2 Å². The number of amides is 2. The molecule has 1 aromatic rings. The molecule has 4 nitrogen and oxygen atoms in total. The van der Waals surface area contributed by atoms with Crippen LogP contribution in [0.5, 0.6) is 0 Å². The number of hydrogen-bond acceptors (Lipinski definition) is 2. The number of nitrogens with zero attached hydrogens (tertiary/aromatic N) is 1. The molecule has 2 rings (SSSR count). The van der Waals surface area contributed by atoms with Crippen molar-refractivity contribution in [1.82, 2.24) is 5.32 Å². The van der Waals surface area contributed by atoms with Crippen LogP contribution in [0.25, 0.3) is 0 Å². The molecule has 1 heterocycles. The van der Waals surface area contributed by atoms with Gasteiger partial charge in [0.1, 0.15) is 12.1 Å². The number of benzene rings is 1. The van der Waals surface area contributed by atoms with Gasteiger partial charge in [0.05, 0.1) is 0 Å². The minimum absolute atomic E-state index is 0.0635. The quantitative estimate of drug-likeness (QED) is 0.791. The van der Waals surface area contributed by atoms with Crippen LogP contribution in [0.3, 0.4) is 0 Å². The van der Waals surface area contributed by atoms with Gasteiger partial charge in [0.25, 0.3) is 0 Å². The minimum Gasteiger partial charge on any atom is -0.343 e. The molecule has 1 fully saturated rings. The highest BCUT2D eigenvalue weighted by Gasteiger charge is 2.37. The van der Waals surface area contributed by atoms with Crippen LogP contribution in [0.2, 0.25) is 0 Å². The number of rotatable bonds is 1. The first kappa shape index (κ1) is 11.6. The SMILES string of the molecule is Cc1ccccc1N1C(=O)C(C)NC(=O)C1C. The van der Waals surface area contributed by atoms with E-state index < -0.39 is 12.1 Å². The number of anilines is 1. The summed E-state index contributed by atoms with van der Waals surface area (Å²) in [6, 6.07) is 6.68. The summed E-state index contributed by atoms with van der Waals surface area (Å²) in [4.78, 5) is 25.5. The molecule has 2 amide bonds. The molecule has 0 spiro atoms. The number of hydrogen-bond donors (Lipinski definition) is 1. The molecule has 0 aromatic heterocycles. The van der Waals surface area contributed by atoms with Crippen molar-refractivity contribution in [1.29, 1.82) is 0 Å². The Morgan fingerprint density at radius 1 is 1.18 bits per heavy atom. The van der Waals surface area contributed by atoms with E-state index in [0.29, 0.717) is 0 Å². The molecule has 1 aromatic carbocycles. The maximum Gasteiger partial charge on any atom is 0.250 e. The van der Waals surface area contributed by atoms with Crippen molar-refractivity contribution in [2.45, 2.75) is 32.9 Å². The van der Waals surface area contributed by atoms with Gasteiger partial charge in [-0.15, -0.1) is 0 Å². The molecular weight excluding hydrogens is 216 g/mol. The van der Waals surface area contributed by atoms with Gasteiger partial charge in [-0.25, -0.2) is 0 Å². The minimum atomic E-state index is -0.460. The lowest BCUT2D eigenvalue weighted by molar-refractivity contribution is -0.133. The van der Waals surface area contributed by atoms with Gasteiger partial charge in [0.15, 0.2) is 0 Å². The van der Waals surface area contributed by atoms with Crippen molar-refractivity contribution in [3.05, 3.63) is 29.8 Å². The Morgan fingerprint density at radius 2 is 1.82 bits per heavy atom. The van der Waals surface area contributed by atoms with Gasteiger partial charge in [-0.1, -0.05) is 18.2 Å². The maximum atomic E-state index is 12.1. The molecule has 1 aliphatic heterocycles. The molecule has 1 aliphatic rings. The summed E-state index contributed by atoms with van der Waals surface area (Å²) in [5, 5.41) is 2.67. The van der Waals surface area contributed by atoms with E-state index in [9.17, 15) is 9.59 Å². The molecule has 0 saturated carbocycles. The standard InChI is InChI=1S/C13H16N2O2/c1-8-6-4-5-7-11(8)15-10(3)12(16)14-9(2)13(15)17/h4-7,9-10H,1-3H3,(H,14,16). The van der Waals surface area contributed by atoms with E-state index in [0.717, 1.165) is 11.3 Å². The molecular formula is C13H16N2O2. The lowest BCUT2D eigenvalue weighted by atomic mass is 10.1. The van der Waals surface area contributed by atoms with Crippen molar-refractivity contribution in [3.8, 4) is 0 Å². The zero-order chi connectivity index (χ0) is 12.6. The highest BCUT2D eigenvalue weighted by molar-refractivity contribution is 6.08. The van der Waals surface area contributed by atoms with Crippen LogP contribution in [0.1, 0.15) is 19.4 Å². The molecule has 0 bridgehead atoms. The van der Waals surface area contributed by atoms with Crippen LogP contribution in [0.15, 0.2) is 24.3 Å². The van der Waals surface area contributed by atoms with E-state index in [1.165, 1.54) is 0 Å². The second-order valence-corrected chi connectivity index (χ2v) is 4.40. The Labute approximate surface area is 101 Å². The Balaban J connectivity index is 2.45. The normalized spacial score (nSPS) is 24.8. The van der Waals surface area contributed by atoms with Crippen LogP contribution in [0, 0.1) is 6.92 Å². The maximum absolute atomic E-state index is 12.1. The van der Waals surface area contributed by atoms with Crippen molar-refractivity contribution < 1.29 is 9.59 Å². The molecule has 0 radical (unpaired) electrons. The number of carbonyl (C=O) groups is 2. The van der Waals surface area contributed by atoms with Crippen LogP contribution in [-0.2, 0) is 9.59 Å². The lowest BCUT2D eigenvalue weighted by Gasteiger charge is -2.36. The van der Waals surface area contributed by atoms with Crippen LogP contribution in [0.4, 0.5) is 5.69 Å². The fourth-order valence-electron chi connectivity index (χ4n) is 2.07. The average molecular weight is 232 g/mol. The average Bonchev–Trinajstić information content (AvgIpc) is 2.29. The van der Waals surface area contributed by atoms with Gasteiger partial charge in [-0.3, -0.25) is 14.5 Å². The Hall–Kier alpha value is -1.84. The van der Waals surface area contributed by atoms with E-state index in [1.54, 1.807) is 18.7 Å².